The zero-order valence-corrected chi connectivity index (χ0v) is 13.3. The van der Waals surface area contributed by atoms with Crippen molar-refractivity contribution in [3.8, 4) is 5.75 Å². The Morgan fingerprint density at radius 3 is 2.65 bits per heavy atom. The molecule has 20 heavy (non-hydrogen) atoms. The van der Waals surface area contributed by atoms with Gasteiger partial charge in [-0.1, -0.05) is 11.8 Å². The van der Waals surface area contributed by atoms with Crippen LogP contribution in [0.5, 0.6) is 5.75 Å². The van der Waals surface area contributed by atoms with Gasteiger partial charge < -0.3 is 14.8 Å². The van der Waals surface area contributed by atoms with Gasteiger partial charge >= 0.3 is 5.97 Å². The largest absolute Gasteiger partial charge is 0.490 e. The molecular weight excluding hydrogens is 278 g/mol. The van der Waals surface area contributed by atoms with E-state index in [0.29, 0.717) is 16.6 Å². The van der Waals surface area contributed by atoms with Crippen LogP contribution in [0.2, 0.25) is 0 Å². The molecule has 0 saturated heterocycles. The molecule has 0 unspecified atom stereocenters. The van der Waals surface area contributed by atoms with Crippen molar-refractivity contribution < 1.29 is 14.3 Å². The number of rotatable bonds is 6. The van der Waals surface area contributed by atoms with Gasteiger partial charge in [0.1, 0.15) is 17.0 Å². The van der Waals surface area contributed by atoms with Crippen molar-refractivity contribution in [3.05, 3.63) is 6.33 Å². The first-order valence-electron chi connectivity index (χ1n) is 6.35. The molecule has 0 saturated carbocycles. The molecule has 0 fully saturated rings. The number of nitrogens with one attached hydrogen (secondary N) is 1. The van der Waals surface area contributed by atoms with E-state index in [-0.39, 0.29) is 11.7 Å². The second-order valence-corrected chi connectivity index (χ2v) is 5.93. The van der Waals surface area contributed by atoms with Crippen LogP contribution in [0.3, 0.4) is 0 Å². The monoisotopic (exact) mass is 299 g/mol. The number of nitrogens with zero attached hydrogens (tertiary/aromatic N) is 2. The van der Waals surface area contributed by atoms with E-state index in [1.807, 2.05) is 27.7 Å². The highest BCUT2D eigenvalue weighted by Crippen LogP contribution is 2.32. The van der Waals surface area contributed by atoms with Gasteiger partial charge in [-0.15, -0.1) is 0 Å². The third kappa shape index (κ3) is 5.24. The zero-order valence-electron chi connectivity index (χ0n) is 12.5. The molecule has 1 rings (SSSR count). The molecule has 0 amide bonds. The molecule has 0 radical (unpaired) electrons. The quantitative estimate of drug-likeness (QED) is 0.491. The summed E-state index contributed by atoms with van der Waals surface area (Å²) >= 11 is 1.27. The summed E-state index contributed by atoms with van der Waals surface area (Å²) in [5.74, 6) is 1.06. The first kappa shape index (κ1) is 16.6. The molecule has 112 valence electrons. The van der Waals surface area contributed by atoms with E-state index < -0.39 is 5.60 Å². The lowest BCUT2D eigenvalue weighted by molar-refractivity contribution is -0.151. The van der Waals surface area contributed by atoms with Gasteiger partial charge in [0.25, 0.3) is 0 Å². The van der Waals surface area contributed by atoms with Crippen LogP contribution in [-0.2, 0) is 9.53 Å². The first-order valence-corrected chi connectivity index (χ1v) is 7.33. The average molecular weight is 299 g/mol. The van der Waals surface area contributed by atoms with Gasteiger partial charge in [-0.3, -0.25) is 4.79 Å². The van der Waals surface area contributed by atoms with Crippen LogP contribution >= 0.6 is 11.8 Å². The molecule has 1 N–H and O–H groups in total. The van der Waals surface area contributed by atoms with Crippen LogP contribution in [0, 0.1) is 0 Å². The third-order valence-corrected chi connectivity index (χ3v) is 3.01. The van der Waals surface area contributed by atoms with E-state index in [4.69, 9.17) is 9.47 Å². The van der Waals surface area contributed by atoms with Crippen molar-refractivity contribution >= 4 is 23.5 Å². The van der Waals surface area contributed by atoms with Crippen molar-refractivity contribution in [2.24, 2.45) is 0 Å². The molecule has 1 aromatic rings. The zero-order chi connectivity index (χ0) is 15.2. The molecule has 7 heteroatoms. The maximum atomic E-state index is 11.7. The maximum absolute atomic E-state index is 11.7. The number of thioether (sulfide) groups is 1. The maximum Gasteiger partial charge on any atom is 0.316 e. The summed E-state index contributed by atoms with van der Waals surface area (Å²) in [6, 6.07) is 0. The molecule has 0 atom stereocenters. The Hall–Kier alpha value is -1.50. The lowest BCUT2D eigenvalue weighted by Crippen LogP contribution is -2.24. The molecule has 1 aromatic heterocycles. The molecule has 0 spiro atoms. The highest BCUT2D eigenvalue weighted by molar-refractivity contribution is 8.00. The standard InChI is InChI=1S/C13H21N3O3S/c1-6-14-11-10(18-5)12(16-8-15-11)20-7-9(17)19-13(2,3)4/h8H,6-7H2,1-5H3,(H,14,15,16). The number of hydrogen-bond donors (Lipinski definition) is 1. The van der Waals surface area contributed by atoms with Crippen LogP contribution in [0.4, 0.5) is 5.82 Å². The number of esters is 1. The van der Waals surface area contributed by atoms with Gasteiger partial charge in [0.05, 0.1) is 12.9 Å². The average Bonchev–Trinajstić information content (AvgIpc) is 2.35. The Balaban J connectivity index is 2.73. The van der Waals surface area contributed by atoms with Crippen LogP contribution in [0.25, 0.3) is 0 Å². The Labute approximate surface area is 123 Å². The summed E-state index contributed by atoms with van der Waals surface area (Å²) in [6.45, 7) is 8.21. The van der Waals surface area contributed by atoms with E-state index in [1.165, 1.54) is 18.1 Å². The van der Waals surface area contributed by atoms with Crippen LogP contribution < -0.4 is 10.1 Å². The predicted molar refractivity (Wildman–Crippen MR) is 79.3 cm³/mol. The van der Waals surface area contributed by atoms with Crippen molar-refractivity contribution in [2.75, 3.05) is 24.7 Å². The Kier molecular flexibility index (Phi) is 6.06. The molecule has 0 aliphatic heterocycles. The number of methoxy groups -OCH3 is 1. The fourth-order valence-corrected chi connectivity index (χ4v) is 2.18. The SMILES string of the molecule is CCNc1ncnc(SCC(=O)OC(C)(C)C)c1OC. The highest BCUT2D eigenvalue weighted by Gasteiger charge is 2.18. The Morgan fingerprint density at radius 1 is 1.40 bits per heavy atom. The van der Waals surface area contributed by atoms with Crippen LogP contribution in [0.15, 0.2) is 11.4 Å². The van der Waals surface area contributed by atoms with Gasteiger partial charge in [-0.05, 0) is 27.7 Å². The van der Waals surface area contributed by atoms with Gasteiger partial charge in [0, 0.05) is 6.54 Å². The van der Waals surface area contributed by atoms with Crippen molar-refractivity contribution in [1.82, 2.24) is 9.97 Å². The second kappa shape index (κ2) is 7.33. The summed E-state index contributed by atoms with van der Waals surface area (Å²) in [5.41, 5.74) is -0.484. The smallest absolute Gasteiger partial charge is 0.316 e. The lowest BCUT2D eigenvalue weighted by Gasteiger charge is -2.19. The fraction of sp³-hybridized carbons (Fsp3) is 0.615. The number of hydrogen-bond acceptors (Lipinski definition) is 7. The summed E-state index contributed by atoms with van der Waals surface area (Å²) < 4.78 is 10.6. The van der Waals surface area contributed by atoms with E-state index >= 15 is 0 Å². The Bertz CT molecular complexity index is 461. The lowest BCUT2D eigenvalue weighted by atomic mass is 10.2. The molecule has 0 aromatic carbocycles. The van der Waals surface area contributed by atoms with Crippen LogP contribution in [0.1, 0.15) is 27.7 Å². The van der Waals surface area contributed by atoms with E-state index in [1.54, 1.807) is 7.11 Å². The van der Waals surface area contributed by atoms with E-state index in [0.717, 1.165) is 6.54 Å². The number of carbonyl (C=O) groups excluding carboxylic acids is 1. The summed E-state index contributed by atoms with van der Waals surface area (Å²) in [7, 11) is 1.55. The second-order valence-electron chi connectivity index (χ2n) is 4.97. The molecule has 1 heterocycles. The number of aromatic nitrogens is 2. The van der Waals surface area contributed by atoms with E-state index in [9.17, 15) is 4.79 Å². The van der Waals surface area contributed by atoms with Crippen molar-refractivity contribution in [1.29, 1.82) is 0 Å². The number of ether oxygens (including phenoxy) is 2. The van der Waals surface area contributed by atoms with Gasteiger partial charge in [0.15, 0.2) is 11.6 Å². The molecule has 0 aliphatic rings. The van der Waals surface area contributed by atoms with Crippen LogP contribution in [-0.4, -0.2) is 40.9 Å². The molecule has 6 nitrogen and oxygen atoms in total. The van der Waals surface area contributed by atoms with Crippen molar-refractivity contribution in [2.45, 2.75) is 38.3 Å². The minimum Gasteiger partial charge on any atom is -0.490 e. The number of carbonyl (C=O) groups is 1. The molecular formula is C13H21N3O3S. The molecule has 0 bridgehead atoms. The van der Waals surface area contributed by atoms with Gasteiger partial charge in [-0.2, -0.15) is 0 Å². The predicted octanol–water partition coefficient (Wildman–Crippen LogP) is 2.35. The highest BCUT2D eigenvalue weighted by atomic mass is 32.2. The number of anilines is 1. The summed E-state index contributed by atoms with van der Waals surface area (Å²) in [6.07, 6.45) is 1.44. The van der Waals surface area contributed by atoms with Gasteiger partial charge in [-0.25, -0.2) is 9.97 Å². The molecule has 0 aliphatic carbocycles. The summed E-state index contributed by atoms with van der Waals surface area (Å²) in [4.78, 5) is 19.9. The first-order chi connectivity index (χ1) is 9.37. The topological polar surface area (TPSA) is 73.3 Å². The van der Waals surface area contributed by atoms with Gasteiger partial charge in [0.2, 0.25) is 0 Å². The minimum atomic E-state index is -0.484. The minimum absolute atomic E-state index is 0.177. The normalized spacial score (nSPS) is 11.1. The Morgan fingerprint density at radius 2 is 2.10 bits per heavy atom. The fourth-order valence-electron chi connectivity index (χ4n) is 1.44. The van der Waals surface area contributed by atoms with Crippen molar-refractivity contribution in [3.63, 3.8) is 0 Å². The van der Waals surface area contributed by atoms with E-state index in [2.05, 4.69) is 15.3 Å². The third-order valence-electron chi connectivity index (χ3n) is 2.07. The summed E-state index contributed by atoms with van der Waals surface area (Å²) in [5, 5.41) is 3.70.